The minimum absolute atomic E-state index is 0.408. The molecule has 1 aromatic carbocycles. The first-order chi connectivity index (χ1) is 9.34. The first-order valence-corrected chi connectivity index (χ1v) is 6.31. The van der Waals surface area contributed by atoms with E-state index in [1.54, 1.807) is 24.7 Å². The van der Waals surface area contributed by atoms with Crippen molar-refractivity contribution in [2.45, 2.75) is 19.4 Å². The summed E-state index contributed by atoms with van der Waals surface area (Å²) in [5, 5.41) is 2.73. The average molecular weight is 259 g/mol. The smallest absolute Gasteiger partial charge is 0.410 e. The highest BCUT2D eigenvalue weighted by Crippen LogP contribution is 2.08. The molecule has 0 saturated heterocycles. The predicted octanol–water partition coefficient (Wildman–Crippen LogP) is 2.45. The maximum Gasteiger partial charge on any atom is 0.412 e. The Hall–Kier alpha value is -2.30. The van der Waals surface area contributed by atoms with Crippen LogP contribution in [0.25, 0.3) is 0 Å². The molecule has 5 heteroatoms. The molecule has 0 aliphatic carbocycles. The maximum absolute atomic E-state index is 11.5. The highest BCUT2D eigenvalue weighted by atomic mass is 16.5. The molecule has 0 unspecified atom stereocenters. The van der Waals surface area contributed by atoms with Crippen molar-refractivity contribution < 1.29 is 9.53 Å². The van der Waals surface area contributed by atoms with Gasteiger partial charge in [0.1, 0.15) is 5.75 Å². The summed E-state index contributed by atoms with van der Waals surface area (Å²) in [6, 6.07) is 9.03. The first-order valence-electron chi connectivity index (χ1n) is 6.31. The fourth-order valence-electron chi connectivity index (χ4n) is 1.66. The molecule has 1 aromatic heterocycles. The van der Waals surface area contributed by atoms with Crippen molar-refractivity contribution in [1.82, 2.24) is 14.9 Å². The number of unbranched alkanes of at least 4 members (excludes halogenated alkanes) is 1. The van der Waals surface area contributed by atoms with Gasteiger partial charge in [0, 0.05) is 25.5 Å². The van der Waals surface area contributed by atoms with Gasteiger partial charge >= 0.3 is 6.09 Å². The Morgan fingerprint density at radius 2 is 2.11 bits per heavy atom. The van der Waals surface area contributed by atoms with Gasteiger partial charge in [0.05, 0.1) is 6.33 Å². The molecule has 1 amide bonds. The summed E-state index contributed by atoms with van der Waals surface area (Å²) >= 11 is 0. The number of imidazole rings is 1. The molecule has 0 spiro atoms. The van der Waals surface area contributed by atoms with Crippen molar-refractivity contribution in [2.75, 3.05) is 6.54 Å². The van der Waals surface area contributed by atoms with Gasteiger partial charge in [-0.15, -0.1) is 0 Å². The summed E-state index contributed by atoms with van der Waals surface area (Å²) in [5.41, 5.74) is 0. The van der Waals surface area contributed by atoms with Crippen LogP contribution in [0.2, 0.25) is 0 Å². The largest absolute Gasteiger partial charge is 0.412 e. The van der Waals surface area contributed by atoms with E-state index in [0.717, 1.165) is 19.4 Å². The number of aromatic nitrogens is 2. The second kappa shape index (κ2) is 7.20. The van der Waals surface area contributed by atoms with E-state index >= 15 is 0 Å². The molecule has 0 saturated carbocycles. The molecule has 0 atom stereocenters. The Morgan fingerprint density at radius 1 is 1.26 bits per heavy atom. The van der Waals surface area contributed by atoms with E-state index in [1.807, 2.05) is 29.0 Å². The van der Waals surface area contributed by atoms with E-state index < -0.39 is 6.09 Å². The Bertz CT molecular complexity index is 483. The third kappa shape index (κ3) is 4.83. The Labute approximate surface area is 112 Å². The molecule has 0 aliphatic rings. The van der Waals surface area contributed by atoms with E-state index in [4.69, 9.17) is 4.74 Å². The van der Waals surface area contributed by atoms with E-state index in [2.05, 4.69) is 10.3 Å². The first kappa shape index (κ1) is 13.1. The highest BCUT2D eigenvalue weighted by Gasteiger charge is 2.02. The summed E-state index contributed by atoms with van der Waals surface area (Å²) < 4.78 is 7.12. The number of para-hydroxylation sites is 1. The number of carbonyl (C=O) groups is 1. The second-order valence-electron chi connectivity index (χ2n) is 4.14. The minimum Gasteiger partial charge on any atom is -0.410 e. The number of aryl methyl sites for hydroxylation is 1. The van der Waals surface area contributed by atoms with E-state index in [1.165, 1.54) is 0 Å². The van der Waals surface area contributed by atoms with Crippen LogP contribution in [0, 0.1) is 0 Å². The lowest BCUT2D eigenvalue weighted by molar-refractivity contribution is 0.200. The van der Waals surface area contributed by atoms with Gasteiger partial charge in [-0.05, 0) is 25.0 Å². The van der Waals surface area contributed by atoms with Crippen LogP contribution in [-0.2, 0) is 6.54 Å². The van der Waals surface area contributed by atoms with Crippen LogP contribution in [0.1, 0.15) is 12.8 Å². The van der Waals surface area contributed by atoms with Gasteiger partial charge in [-0.2, -0.15) is 0 Å². The Morgan fingerprint density at radius 3 is 2.84 bits per heavy atom. The lowest BCUT2D eigenvalue weighted by Gasteiger charge is -2.06. The van der Waals surface area contributed by atoms with Crippen LogP contribution in [0.15, 0.2) is 49.1 Å². The molecular weight excluding hydrogens is 242 g/mol. The quantitative estimate of drug-likeness (QED) is 0.811. The van der Waals surface area contributed by atoms with Crippen LogP contribution >= 0.6 is 0 Å². The topological polar surface area (TPSA) is 56.2 Å². The van der Waals surface area contributed by atoms with Crippen molar-refractivity contribution in [3.8, 4) is 5.75 Å². The van der Waals surface area contributed by atoms with Gasteiger partial charge in [0.25, 0.3) is 0 Å². The molecule has 0 aliphatic heterocycles. The molecule has 0 bridgehead atoms. The van der Waals surface area contributed by atoms with Crippen molar-refractivity contribution >= 4 is 6.09 Å². The van der Waals surface area contributed by atoms with Gasteiger partial charge in [-0.25, -0.2) is 9.78 Å². The normalized spacial score (nSPS) is 10.1. The van der Waals surface area contributed by atoms with E-state index in [-0.39, 0.29) is 0 Å². The lowest BCUT2D eigenvalue weighted by Crippen LogP contribution is -2.27. The number of rotatable bonds is 6. The number of carbonyl (C=O) groups excluding carboxylic acids is 1. The predicted molar refractivity (Wildman–Crippen MR) is 71.9 cm³/mol. The molecule has 1 N–H and O–H groups in total. The van der Waals surface area contributed by atoms with Crippen molar-refractivity contribution in [3.63, 3.8) is 0 Å². The summed E-state index contributed by atoms with van der Waals surface area (Å²) in [6.45, 7) is 1.52. The standard InChI is InChI=1S/C14H17N3O2/c18-14(19-13-6-2-1-3-7-13)16-8-4-5-10-17-11-9-15-12-17/h1-3,6-7,9,11-12H,4-5,8,10H2,(H,16,18). The Balaban J connectivity index is 1.57. The number of amides is 1. The summed E-state index contributed by atoms with van der Waals surface area (Å²) in [6.07, 6.45) is 6.96. The zero-order chi connectivity index (χ0) is 13.3. The molecule has 0 radical (unpaired) electrons. The molecule has 100 valence electrons. The Kier molecular flexibility index (Phi) is 4.98. The maximum atomic E-state index is 11.5. The molecular formula is C14H17N3O2. The minimum atomic E-state index is -0.408. The highest BCUT2D eigenvalue weighted by molar-refractivity contribution is 5.70. The molecule has 1 heterocycles. The lowest BCUT2D eigenvalue weighted by atomic mass is 10.3. The van der Waals surface area contributed by atoms with Gasteiger partial charge in [-0.3, -0.25) is 0 Å². The van der Waals surface area contributed by atoms with Crippen molar-refractivity contribution in [1.29, 1.82) is 0 Å². The second-order valence-corrected chi connectivity index (χ2v) is 4.14. The molecule has 2 rings (SSSR count). The third-order valence-electron chi connectivity index (χ3n) is 2.63. The van der Waals surface area contributed by atoms with Crippen LogP contribution in [-0.4, -0.2) is 22.2 Å². The fraction of sp³-hybridized carbons (Fsp3) is 0.286. The van der Waals surface area contributed by atoms with Gasteiger partial charge in [0.2, 0.25) is 0 Å². The zero-order valence-electron chi connectivity index (χ0n) is 10.7. The summed E-state index contributed by atoms with van der Waals surface area (Å²) in [7, 11) is 0. The van der Waals surface area contributed by atoms with Gasteiger partial charge in [0.15, 0.2) is 0 Å². The third-order valence-corrected chi connectivity index (χ3v) is 2.63. The van der Waals surface area contributed by atoms with Crippen LogP contribution in [0.4, 0.5) is 4.79 Å². The SMILES string of the molecule is O=C(NCCCCn1ccnc1)Oc1ccccc1. The van der Waals surface area contributed by atoms with Gasteiger partial charge < -0.3 is 14.6 Å². The number of benzene rings is 1. The van der Waals surface area contributed by atoms with Crippen LogP contribution in [0.5, 0.6) is 5.75 Å². The van der Waals surface area contributed by atoms with Crippen molar-refractivity contribution in [3.05, 3.63) is 49.1 Å². The molecule has 19 heavy (non-hydrogen) atoms. The van der Waals surface area contributed by atoms with Gasteiger partial charge in [-0.1, -0.05) is 18.2 Å². The summed E-state index contributed by atoms with van der Waals surface area (Å²) in [5.74, 6) is 0.554. The number of ether oxygens (including phenoxy) is 1. The average Bonchev–Trinajstić information content (AvgIpc) is 2.92. The monoisotopic (exact) mass is 259 g/mol. The summed E-state index contributed by atoms with van der Waals surface area (Å²) in [4.78, 5) is 15.4. The van der Waals surface area contributed by atoms with Crippen LogP contribution < -0.4 is 10.1 Å². The number of hydrogen-bond acceptors (Lipinski definition) is 3. The number of nitrogens with zero attached hydrogens (tertiary/aromatic N) is 2. The number of nitrogens with one attached hydrogen (secondary N) is 1. The molecule has 2 aromatic rings. The zero-order valence-corrected chi connectivity index (χ0v) is 10.7. The molecule has 5 nitrogen and oxygen atoms in total. The van der Waals surface area contributed by atoms with Crippen molar-refractivity contribution in [2.24, 2.45) is 0 Å². The number of hydrogen-bond donors (Lipinski definition) is 1. The van der Waals surface area contributed by atoms with E-state index in [9.17, 15) is 4.79 Å². The van der Waals surface area contributed by atoms with Crippen LogP contribution in [0.3, 0.4) is 0 Å². The van der Waals surface area contributed by atoms with E-state index in [0.29, 0.717) is 12.3 Å². The molecule has 0 fully saturated rings. The fourth-order valence-corrected chi connectivity index (χ4v) is 1.66.